The van der Waals surface area contributed by atoms with Crippen LogP contribution in [0.3, 0.4) is 0 Å². The Kier molecular flexibility index (Phi) is 5.24. The molecular formula is C9H16ClN5O. The first-order valence-electron chi connectivity index (χ1n) is 5.07. The minimum Gasteiger partial charge on any atom is -0.396 e. The lowest BCUT2D eigenvalue weighted by Gasteiger charge is -2.22. The molecule has 1 rings (SSSR count). The number of hydrogen-bond donors (Lipinski definition) is 3. The number of nitrogens with zero attached hydrogens (tertiary/aromatic N) is 3. The number of aromatic nitrogens is 2. The number of hydrogen-bond acceptors (Lipinski definition) is 6. The Balaban J connectivity index is 2.89. The van der Waals surface area contributed by atoms with Gasteiger partial charge >= 0.3 is 0 Å². The van der Waals surface area contributed by atoms with E-state index in [9.17, 15) is 0 Å². The third-order valence-electron chi connectivity index (χ3n) is 2.12. The number of aliphatic hydroxyl groups is 1. The molecule has 0 saturated carbocycles. The van der Waals surface area contributed by atoms with E-state index in [0.717, 1.165) is 6.54 Å². The summed E-state index contributed by atoms with van der Waals surface area (Å²) in [7, 11) is 0. The van der Waals surface area contributed by atoms with E-state index >= 15 is 0 Å². The minimum atomic E-state index is 0.140. The molecular weight excluding hydrogens is 230 g/mol. The summed E-state index contributed by atoms with van der Waals surface area (Å²) in [5.74, 6) is 6.18. The molecule has 0 radical (unpaired) electrons. The highest BCUT2D eigenvalue weighted by Crippen LogP contribution is 2.23. The lowest BCUT2D eigenvalue weighted by Crippen LogP contribution is -2.26. The van der Waals surface area contributed by atoms with E-state index in [1.165, 1.54) is 6.20 Å². The molecule has 0 aliphatic rings. The van der Waals surface area contributed by atoms with Gasteiger partial charge in [0.15, 0.2) is 5.82 Å². The molecule has 0 aliphatic carbocycles. The Morgan fingerprint density at radius 1 is 1.62 bits per heavy atom. The van der Waals surface area contributed by atoms with Crippen LogP contribution in [-0.2, 0) is 0 Å². The number of nitrogens with one attached hydrogen (secondary N) is 1. The fraction of sp³-hybridized carbons (Fsp3) is 0.556. The molecule has 0 amide bonds. The van der Waals surface area contributed by atoms with Gasteiger partial charge in [0.2, 0.25) is 5.95 Å². The molecule has 7 heteroatoms. The second-order valence-corrected chi connectivity index (χ2v) is 3.57. The maximum atomic E-state index is 8.80. The van der Waals surface area contributed by atoms with Gasteiger partial charge < -0.3 is 10.0 Å². The average molecular weight is 246 g/mol. The molecule has 1 heterocycles. The van der Waals surface area contributed by atoms with Crippen LogP contribution in [0.15, 0.2) is 6.20 Å². The van der Waals surface area contributed by atoms with Crippen molar-refractivity contribution in [2.75, 3.05) is 30.0 Å². The molecule has 0 unspecified atom stereocenters. The third kappa shape index (κ3) is 3.19. The van der Waals surface area contributed by atoms with Crippen molar-refractivity contribution in [3.63, 3.8) is 0 Å². The monoisotopic (exact) mass is 245 g/mol. The Hall–Kier alpha value is -1.11. The molecule has 90 valence electrons. The van der Waals surface area contributed by atoms with E-state index in [2.05, 4.69) is 15.4 Å². The highest BCUT2D eigenvalue weighted by atomic mass is 35.5. The normalized spacial score (nSPS) is 10.2. The molecule has 1 aromatic rings. The van der Waals surface area contributed by atoms with Gasteiger partial charge in [0.25, 0.3) is 0 Å². The summed E-state index contributed by atoms with van der Waals surface area (Å²) < 4.78 is 0. The molecule has 0 aliphatic heterocycles. The highest BCUT2D eigenvalue weighted by Gasteiger charge is 2.11. The summed E-state index contributed by atoms with van der Waals surface area (Å²) in [6.07, 6.45) is 2.17. The van der Waals surface area contributed by atoms with Crippen LogP contribution in [0.25, 0.3) is 0 Å². The van der Waals surface area contributed by atoms with Gasteiger partial charge in [-0.2, -0.15) is 4.98 Å². The van der Waals surface area contributed by atoms with E-state index in [1.807, 2.05) is 11.8 Å². The first-order valence-corrected chi connectivity index (χ1v) is 5.45. The third-order valence-corrected chi connectivity index (χ3v) is 2.39. The molecule has 1 aromatic heterocycles. The Morgan fingerprint density at radius 3 is 2.94 bits per heavy atom. The first-order chi connectivity index (χ1) is 7.72. The quantitative estimate of drug-likeness (QED) is 0.503. The predicted octanol–water partition coefficient (Wildman–Crippen LogP) is 0.624. The molecule has 16 heavy (non-hydrogen) atoms. The summed E-state index contributed by atoms with van der Waals surface area (Å²) in [4.78, 5) is 10.0. The largest absolute Gasteiger partial charge is 0.396 e. The van der Waals surface area contributed by atoms with Crippen molar-refractivity contribution in [1.29, 1.82) is 0 Å². The second kappa shape index (κ2) is 6.47. The molecule has 0 atom stereocenters. The molecule has 0 saturated heterocycles. The maximum absolute atomic E-state index is 8.80. The number of nitrogens with two attached hydrogens (primary N) is 1. The highest BCUT2D eigenvalue weighted by molar-refractivity contribution is 6.32. The Bertz CT molecular complexity index is 336. The van der Waals surface area contributed by atoms with Gasteiger partial charge in [-0.05, 0) is 13.3 Å². The fourth-order valence-corrected chi connectivity index (χ4v) is 1.54. The number of anilines is 2. The first kappa shape index (κ1) is 13.0. The Labute approximate surface area is 99.4 Å². The average Bonchev–Trinajstić information content (AvgIpc) is 2.32. The number of rotatable bonds is 6. The van der Waals surface area contributed by atoms with Gasteiger partial charge in [-0.1, -0.05) is 11.6 Å². The second-order valence-electron chi connectivity index (χ2n) is 3.17. The van der Waals surface area contributed by atoms with E-state index < -0.39 is 0 Å². The Morgan fingerprint density at radius 2 is 2.38 bits per heavy atom. The summed E-state index contributed by atoms with van der Waals surface area (Å²) in [6.45, 7) is 3.57. The van der Waals surface area contributed by atoms with Crippen LogP contribution in [0.2, 0.25) is 5.02 Å². The van der Waals surface area contributed by atoms with Crippen molar-refractivity contribution < 1.29 is 5.11 Å². The SMILES string of the molecule is CCN(CCCO)c1nc(NN)ncc1Cl. The molecule has 4 N–H and O–H groups in total. The number of aliphatic hydroxyl groups excluding tert-OH is 1. The number of halogens is 1. The standard InChI is InChI=1S/C9H16ClN5O/c1-2-15(4-3-5-16)8-7(10)6-12-9(13-8)14-11/h6,16H,2-5,11H2,1H3,(H,12,13,14). The van der Waals surface area contributed by atoms with Crippen LogP contribution >= 0.6 is 11.6 Å². The smallest absolute Gasteiger partial charge is 0.239 e. The zero-order chi connectivity index (χ0) is 12.0. The summed E-state index contributed by atoms with van der Waals surface area (Å²) in [5, 5.41) is 9.27. The van der Waals surface area contributed by atoms with Crippen LogP contribution < -0.4 is 16.2 Å². The summed E-state index contributed by atoms with van der Waals surface area (Å²) in [5.41, 5.74) is 2.37. The van der Waals surface area contributed by atoms with Crippen LogP contribution in [0, 0.1) is 0 Å². The van der Waals surface area contributed by atoms with Gasteiger partial charge in [0.05, 0.1) is 6.20 Å². The van der Waals surface area contributed by atoms with Gasteiger partial charge in [-0.3, -0.25) is 5.43 Å². The van der Waals surface area contributed by atoms with Gasteiger partial charge in [-0.25, -0.2) is 10.8 Å². The zero-order valence-electron chi connectivity index (χ0n) is 9.15. The van der Waals surface area contributed by atoms with Crippen molar-refractivity contribution in [2.45, 2.75) is 13.3 Å². The topological polar surface area (TPSA) is 87.3 Å². The molecule has 6 nitrogen and oxygen atoms in total. The van der Waals surface area contributed by atoms with E-state index in [1.54, 1.807) is 0 Å². The summed E-state index contributed by atoms with van der Waals surface area (Å²) >= 11 is 6.01. The van der Waals surface area contributed by atoms with Crippen molar-refractivity contribution in [3.05, 3.63) is 11.2 Å². The maximum Gasteiger partial charge on any atom is 0.239 e. The van der Waals surface area contributed by atoms with Crippen LogP contribution in [0.5, 0.6) is 0 Å². The predicted molar refractivity (Wildman–Crippen MR) is 64.4 cm³/mol. The van der Waals surface area contributed by atoms with Crippen molar-refractivity contribution in [2.24, 2.45) is 5.84 Å². The van der Waals surface area contributed by atoms with E-state index in [4.69, 9.17) is 22.6 Å². The number of nitrogen functional groups attached to an aromatic ring is 1. The van der Waals surface area contributed by atoms with Crippen molar-refractivity contribution in [3.8, 4) is 0 Å². The van der Waals surface area contributed by atoms with Crippen LogP contribution in [0.1, 0.15) is 13.3 Å². The van der Waals surface area contributed by atoms with Gasteiger partial charge in [0, 0.05) is 19.7 Å². The van der Waals surface area contributed by atoms with Crippen LogP contribution in [-0.4, -0.2) is 34.8 Å². The van der Waals surface area contributed by atoms with Gasteiger partial charge in [0.1, 0.15) is 5.02 Å². The zero-order valence-corrected chi connectivity index (χ0v) is 9.91. The van der Waals surface area contributed by atoms with Crippen molar-refractivity contribution in [1.82, 2.24) is 9.97 Å². The minimum absolute atomic E-state index is 0.140. The van der Waals surface area contributed by atoms with Crippen LogP contribution in [0.4, 0.5) is 11.8 Å². The molecule has 0 spiro atoms. The number of hydrazine groups is 1. The van der Waals surface area contributed by atoms with E-state index in [0.29, 0.717) is 29.8 Å². The molecule has 0 fully saturated rings. The summed E-state index contributed by atoms with van der Waals surface area (Å²) in [6, 6.07) is 0. The lowest BCUT2D eigenvalue weighted by atomic mass is 10.3. The lowest BCUT2D eigenvalue weighted by molar-refractivity contribution is 0.289. The van der Waals surface area contributed by atoms with Crippen molar-refractivity contribution >= 4 is 23.4 Å². The molecule has 0 aromatic carbocycles. The van der Waals surface area contributed by atoms with E-state index in [-0.39, 0.29) is 6.61 Å². The molecule has 0 bridgehead atoms. The fourth-order valence-electron chi connectivity index (χ4n) is 1.32. The van der Waals surface area contributed by atoms with Gasteiger partial charge in [-0.15, -0.1) is 0 Å².